The fraction of sp³-hybridized carbons (Fsp3) is 0.934. The molecule has 17 unspecified atom stereocenters. The molecule has 0 bridgehead atoms. The van der Waals surface area contributed by atoms with Crippen LogP contribution in [0.4, 0.5) is 0 Å². The number of hydrogen-bond acceptors (Lipinski definition) is 18. The quantitative estimate of drug-likeness (QED) is 0.0199. The lowest BCUT2D eigenvalue weighted by Gasteiger charge is -2.48. The normalized spacial score (nSPS) is 27.3. The first kappa shape index (κ1) is 87.5. The van der Waals surface area contributed by atoms with Crippen LogP contribution < -0.4 is 5.32 Å². The molecule has 560 valence electrons. The van der Waals surface area contributed by atoms with Crippen molar-refractivity contribution >= 4 is 5.91 Å². The molecule has 0 radical (unpaired) electrons. The van der Waals surface area contributed by atoms with Crippen LogP contribution in [0.25, 0.3) is 0 Å². The molecule has 0 aromatic rings. The molecule has 19 heteroatoms. The van der Waals surface area contributed by atoms with E-state index in [9.17, 15) is 61.0 Å². The van der Waals surface area contributed by atoms with Crippen LogP contribution >= 0.6 is 0 Å². The molecule has 3 aliphatic rings. The first-order valence-electron chi connectivity index (χ1n) is 39.1. The molecular formula is C76H143NO18. The minimum Gasteiger partial charge on any atom is -0.394 e. The number of nitrogens with one attached hydrogen (secondary N) is 1. The van der Waals surface area contributed by atoms with E-state index in [1.807, 2.05) is 0 Å². The Kier molecular flexibility index (Phi) is 53.3. The van der Waals surface area contributed by atoms with Crippen molar-refractivity contribution in [1.82, 2.24) is 5.32 Å². The number of hydrogen-bond donors (Lipinski definition) is 12. The highest BCUT2D eigenvalue weighted by atomic mass is 16.8. The summed E-state index contributed by atoms with van der Waals surface area (Å²) in [6.45, 7) is 1.78. The second-order valence-corrected chi connectivity index (χ2v) is 28.2. The molecule has 95 heavy (non-hydrogen) atoms. The summed E-state index contributed by atoms with van der Waals surface area (Å²) in [4.78, 5) is 13.4. The molecule has 3 aliphatic heterocycles. The number of aliphatic hydroxyl groups excluding tert-OH is 11. The number of carbonyl (C=O) groups excluding carboxylic acids is 1. The highest BCUT2D eigenvalue weighted by Crippen LogP contribution is 2.33. The molecule has 17 atom stereocenters. The predicted octanol–water partition coefficient (Wildman–Crippen LogP) is 12.2. The van der Waals surface area contributed by atoms with Crippen molar-refractivity contribution in [2.75, 3.05) is 26.4 Å². The van der Waals surface area contributed by atoms with Gasteiger partial charge in [-0.05, 0) is 44.9 Å². The van der Waals surface area contributed by atoms with Crippen LogP contribution in [0.2, 0.25) is 0 Å². The third-order valence-corrected chi connectivity index (χ3v) is 19.8. The van der Waals surface area contributed by atoms with Gasteiger partial charge in [-0.15, -0.1) is 0 Å². The summed E-state index contributed by atoms with van der Waals surface area (Å²) in [5.41, 5.74) is 0. The topological polar surface area (TPSA) is 307 Å². The van der Waals surface area contributed by atoms with Gasteiger partial charge in [0, 0.05) is 6.42 Å². The summed E-state index contributed by atoms with van der Waals surface area (Å²) in [5.74, 6) is -0.239. The Bertz CT molecular complexity index is 1810. The van der Waals surface area contributed by atoms with E-state index in [0.29, 0.717) is 12.8 Å². The van der Waals surface area contributed by atoms with Gasteiger partial charge in [0.15, 0.2) is 18.9 Å². The largest absolute Gasteiger partial charge is 0.394 e. The van der Waals surface area contributed by atoms with Crippen LogP contribution in [0.3, 0.4) is 0 Å². The number of carbonyl (C=O) groups is 1. The van der Waals surface area contributed by atoms with E-state index in [2.05, 4.69) is 43.5 Å². The SMILES string of the molecule is CCCCCCC/C=C\C/C=C\CCCCCCCCCCCCCCCCCCCCCCCCCCCCCCCC(=O)NC(COC1OC(CO)C(OC2OC(CO)C(OC3OC(CO)C(O)C(O)C3O)C(O)C2O)C(O)C1O)C(O)CCCCCCCCCCC. The molecule has 19 nitrogen and oxygen atoms in total. The van der Waals surface area contributed by atoms with Gasteiger partial charge < -0.3 is 89.9 Å². The number of amides is 1. The smallest absolute Gasteiger partial charge is 0.220 e. The van der Waals surface area contributed by atoms with Crippen molar-refractivity contribution in [3.05, 3.63) is 24.3 Å². The third-order valence-electron chi connectivity index (χ3n) is 19.8. The Labute approximate surface area is 575 Å². The lowest BCUT2D eigenvalue weighted by Crippen LogP contribution is -2.66. The van der Waals surface area contributed by atoms with Crippen LogP contribution in [0.1, 0.15) is 322 Å². The summed E-state index contributed by atoms with van der Waals surface area (Å²) in [5, 5.41) is 120. The second-order valence-electron chi connectivity index (χ2n) is 28.2. The van der Waals surface area contributed by atoms with Crippen LogP contribution in [-0.4, -0.2) is 193 Å². The van der Waals surface area contributed by atoms with E-state index in [1.54, 1.807) is 0 Å². The van der Waals surface area contributed by atoms with E-state index in [1.165, 1.54) is 238 Å². The maximum atomic E-state index is 13.4. The third kappa shape index (κ3) is 38.8. The average molecular weight is 1360 g/mol. The molecule has 12 N–H and O–H groups in total. The lowest BCUT2D eigenvalue weighted by molar-refractivity contribution is -0.379. The van der Waals surface area contributed by atoms with Gasteiger partial charge in [0.25, 0.3) is 0 Å². The Morgan fingerprint density at radius 1 is 0.379 bits per heavy atom. The van der Waals surface area contributed by atoms with Crippen molar-refractivity contribution < 1.29 is 89.4 Å². The van der Waals surface area contributed by atoms with Gasteiger partial charge in [0.05, 0.1) is 38.6 Å². The molecule has 3 fully saturated rings. The fourth-order valence-corrected chi connectivity index (χ4v) is 13.5. The number of ether oxygens (including phenoxy) is 6. The monoisotopic (exact) mass is 1360 g/mol. The summed E-state index contributed by atoms with van der Waals surface area (Å²) in [6.07, 6.45) is 42.0. The van der Waals surface area contributed by atoms with E-state index in [-0.39, 0.29) is 18.9 Å². The van der Waals surface area contributed by atoms with Crippen LogP contribution in [0.5, 0.6) is 0 Å². The van der Waals surface area contributed by atoms with Gasteiger partial charge in [-0.25, -0.2) is 0 Å². The Hall–Kier alpha value is -1.73. The highest BCUT2D eigenvalue weighted by Gasteiger charge is 2.54. The highest BCUT2D eigenvalue weighted by molar-refractivity contribution is 5.76. The molecule has 3 heterocycles. The van der Waals surface area contributed by atoms with E-state index in [0.717, 1.165) is 51.4 Å². The minimum atomic E-state index is -1.97. The van der Waals surface area contributed by atoms with Crippen molar-refractivity contribution in [1.29, 1.82) is 0 Å². The molecule has 3 rings (SSSR count). The van der Waals surface area contributed by atoms with E-state index in [4.69, 9.17) is 28.4 Å². The van der Waals surface area contributed by atoms with Crippen molar-refractivity contribution in [3.63, 3.8) is 0 Å². The summed E-state index contributed by atoms with van der Waals surface area (Å²) >= 11 is 0. The van der Waals surface area contributed by atoms with Crippen LogP contribution in [0, 0.1) is 0 Å². The second kappa shape index (κ2) is 57.8. The zero-order valence-electron chi connectivity index (χ0n) is 59.7. The molecule has 0 aromatic heterocycles. The van der Waals surface area contributed by atoms with Gasteiger partial charge in [-0.3, -0.25) is 4.79 Å². The molecule has 0 saturated carbocycles. The lowest BCUT2D eigenvalue weighted by atomic mass is 9.96. The molecule has 0 aromatic carbocycles. The van der Waals surface area contributed by atoms with Crippen molar-refractivity contribution in [2.45, 2.75) is 426 Å². The molecule has 0 aliphatic carbocycles. The van der Waals surface area contributed by atoms with Crippen LogP contribution in [0.15, 0.2) is 24.3 Å². The number of rotatable bonds is 62. The fourth-order valence-electron chi connectivity index (χ4n) is 13.5. The predicted molar refractivity (Wildman–Crippen MR) is 374 cm³/mol. The Morgan fingerprint density at radius 2 is 0.695 bits per heavy atom. The van der Waals surface area contributed by atoms with Gasteiger partial charge in [-0.2, -0.15) is 0 Å². The van der Waals surface area contributed by atoms with Gasteiger partial charge >= 0.3 is 0 Å². The van der Waals surface area contributed by atoms with Gasteiger partial charge in [0.1, 0.15) is 73.2 Å². The standard InChI is InChI=1S/C76H143NO18/c1-3-5-7-9-11-13-14-15-16-17-18-19-20-21-22-23-24-25-26-27-28-29-30-31-32-33-34-35-36-37-38-39-40-41-42-43-44-46-48-50-52-54-64(82)77-59(60(81)53-51-49-47-45-12-10-8-6-4-2)58-90-74-70(88)67(85)72(62(56-79)92-74)95-76-71(89)68(86)73(63(57-80)93-76)94-75-69(87)66(84)65(83)61(55-78)91-75/h14-15,17-18,59-63,65-76,78-81,83-89H,3-13,16,19-58H2,1-2H3,(H,77,82)/b15-14-,18-17-. The van der Waals surface area contributed by atoms with Gasteiger partial charge in [-0.1, -0.05) is 295 Å². The number of allylic oxidation sites excluding steroid dienone is 4. The van der Waals surface area contributed by atoms with Crippen molar-refractivity contribution in [2.24, 2.45) is 0 Å². The number of unbranched alkanes of at least 4 members (excludes halogenated alkanes) is 42. The molecule has 3 saturated heterocycles. The number of aliphatic hydroxyl groups is 11. The zero-order chi connectivity index (χ0) is 68.9. The van der Waals surface area contributed by atoms with Crippen molar-refractivity contribution in [3.8, 4) is 0 Å². The maximum Gasteiger partial charge on any atom is 0.220 e. The van der Waals surface area contributed by atoms with E-state index >= 15 is 0 Å². The van der Waals surface area contributed by atoms with E-state index < -0.39 is 124 Å². The Morgan fingerprint density at radius 3 is 1.07 bits per heavy atom. The zero-order valence-corrected chi connectivity index (χ0v) is 59.7. The minimum absolute atomic E-state index is 0.239. The average Bonchev–Trinajstić information content (AvgIpc) is 0.797. The molecule has 1 amide bonds. The molecule has 0 spiro atoms. The van der Waals surface area contributed by atoms with Crippen LogP contribution in [-0.2, 0) is 33.2 Å². The first-order valence-corrected chi connectivity index (χ1v) is 39.1. The first-order chi connectivity index (χ1) is 46.3. The van der Waals surface area contributed by atoms with Gasteiger partial charge in [0.2, 0.25) is 5.91 Å². The molecular weight excluding hydrogens is 1210 g/mol. The summed E-state index contributed by atoms with van der Waals surface area (Å²) in [6, 6.07) is -0.882. The summed E-state index contributed by atoms with van der Waals surface area (Å²) < 4.78 is 34.4. The Balaban J connectivity index is 1.22. The summed E-state index contributed by atoms with van der Waals surface area (Å²) in [7, 11) is 0. The maximum absolute atomic E-state index is 13.4.